The molecule has 41 heavy (non-hydrogen) atoms. The van der Waals surface area contributed by atoms with Crippen LogP contribution < -0.4 is 14.4 Å². The van der Waals surface area contributed by atoms with Gasteiger partial charge in [0.15, 0.2) is 0 Å². The van der Waals surface area contributed by atoms with E-state index in [1.807, 2.05) is 24.3 Å². The van der Waals surface area contributed by atoms with Crippen LogP contribution in [-0.4, -0.2) is 50.9 Å². The van der Waals surface area contributed by atoms with Gasteiger partial charge in [-0.25, -0.2) is 8.42 Å². The maximum atomic E-state index is 14.0. The average molecular weight is 663 g/mol. The van der Waals surface area contributed by atoms with Gasteiger partial charge in [0.05, 0.1) is 17.7 Å². The van der Waals surface area contributed by atoms with Gasteiger partial charge in [0.1, 0.15) is 18.3 Å². The maximum Gasteiger partial charge on any atom is 0.264 e. The number of rotatable bonds is 11. The van der Waals surface area contributed by atoms with Gasteiger partial charge >= 0.3 is 0 Å². The van der Waals surface area contributed by atoms with Crippen molar-refractivity contribution in [2.75, 3.05) is 18.0 Å². The van der Waals surface area contributed by atoms with Gasteiger partial charge in [-0.05, 0) is 79.9 Å². The molecule has 0 aromatic heterocycles. The third-order valence-corrected chi connectivity index (χ3v) is 9.71. The number of methoxy groups -OCH3 is 1. The topological polar surface area (TPSA) is 96.0 Å². The fourth-order valence-electron chi connectivity index (χ4n) is 4.80. The Morgan fingerprint density at radius 1 is 1.05 bits per heavy atom. The van der Waals surface area contributed by atoms with Crippen LogP contribution in [0.5, 0.6) is 5.75 Å². The molecule has 0 spiro atoms. The summed E-state index contributed by atoms with van der Waals surface area (Å²) in [5.41, 5.74) is 1.03. The van der Waals surface area contributed by atoms with E-state index < -0.39 is 28.5 Å². The normalized spacial score (nSPS) is 14.3. The molecule has 1 saturated carbocycles. The first-order valence-corrected chi connectivity index (χ1v) is 16.0. The van der Waals surface area contributed by atoms with Crippen LogP contribution >= 0.6 is 27.5 Å². The first kappa shape index (κ1) is 30.9. The number of ether oxygens (including phenoxy) is 1. The Hall–Kier alpha value is -3.08. The zero-order valence-corrected chi connectivity index (χ0v) is 26.1. The van der Waals surface area contributed by atoms with E-state index in [1.54, 1.807) is 37.3 Å². The van der Waals surface area contributed by atoms with Crippen LogP contribution in [0.4, 0.5) is 5.69 Å². The lowest BCUT2D eigenvalue weighted by Gasteiger charge is -2.32. The van der Waals surface area contributed by atoms with Crippen molar-refractivity contribution in [2.24, 2.45) is 0 Å². The molecule has 11 heteroatoms. The van der Waals surface area contributed by atoms with Crippen LogP contribution in [0.25, 0.3) is 0 Å². The molecule has 0 saturated heterocycles. The van der Waals surface area contributed by atoms with Gasteiger partial charge in [0.25, 0.3) is 10.0 Å². The summed E-state index contributed by atoms with van der Waals surface area (Å²) in [4.78, 5) is 28.7. The van der Waals surface area contributed by atoms with Crippen LogP contribution in [0, 0.1) is 0 Å². The number of hydrogen-bond donors (Lipinski definition) is 1. The van der Waals surface area contributed by atoms with Crippen molar-refractivity contribution in [1.29, 1.82) is 0 Å². The largest absolute Gasteiger partial charge is 0.497 e. The highest BCUT2D eigenvalue weighted by Crippen LogP contribution is 2.28. The number of nitrogens with one attached hydrogen (secondary N) is 1. The average Bonchev–Trinajstić information content (AvgIpc) is 3.48. The summed E-state index contributed by atoms with van der Waals surface area (Å²) in [7, 11) is -2.71. The van der Waals surface area contributed by atoms with Crippen molar-refractivity contribution < 1.29 is 22.7 Å². The van der Waals surface area contributed by atoms with E-state index in [1.165, 1.54) is 30.2 Å². The van der Waals surface area contributed by atoms with E-state index in [0.29, 0.717) is 10.8 Å². The SMILES string of the molecule is COc1ccc(S(=O)(=O)N(CC(=O)N(Cc2ccc(Br)cc2)[C@@H](C)C(=O)NC2CCCC2)c2cccc(Cl)c2)cc1. The molecular formula is C30H33BrClN3O5S. The lowest BCUT2D eigenvalue weighted by Crippen LogP contribution is -2.52. The van der Waals surface area contributed by atoms with Crippen molar-refractivity contribution >= 4 is 55.1 Å². The fourth-order valence-corrected chi connectivity index (χ4v) is 6.65. The predicted molar refractivity (Wildman–Crippen MR) is 164 cm³/mol. The number of halogens is 2. The lowest BCUT2D eigenvalue weighted by molar-refractivity contribution is -0.139. The quantitative estimate of drug-likeness (QED) is 0.281. The third kappa shape index (κ3) is 7.81. The third-order valence-electron chi connectivity index (χ3n) is 7.16. The Balaban J connectivity index is 1.68. The first-order chi connectivity index (χ1) is 19.6. The van der Waals surface area contributed by atoms with E-state index in [4.69, 9.17) is 16.3 Å². The summed E-state index contributed by atoms with van der Waals surface area (Å²) in [6.07, 6.45) is 3.92. The molecule has 0 unspecified atom stereocenters. The molecule has 2 amide bonds. The standard InChI is InChI=1S/C30H33BrClN3O5S/c1-21(30(37)33-25-7-3-4-8-25)34(19-22-10-12-23(31)13-11-22)29(36)20-35(26-9-5-6-24(32)18-26)41(38,39)28-16-14-27(40-2)15-17-28/h5-6,9-18,21,25H,3-4,7-8,19-20H2,1-2H3,(H,33,37)/t21-/m0/s1. The first-order valence-electron chi connectivity index (χ1n) is 13.3. The second kappa shape index (κ2) is 13.7. The van der Waals surface area contributed by atoms with Gasteiger partial charge in [-0.3, -0.25) is 13.9 Å². The number of amides is 2. The Kier molecular flexibility index (Phi) is 10.3. The Morgan fingerprint density at radius 2 is 1.71 bits per heavy atom. The van der Waals surface area contributed by atoms with Crippen LogP contribution in [0.2, 0.25) is 5.02 Å². The molecule has 1 aliphatic rings. The molecule has 1 aliphatic carbocycles. The van der Waals surface area contributed by atoms with Crippen molar-refractivity contribution in [3.05, 3.63) is 87.9 Å². The van der Waals surface area contributed by atoms with Gasteiger partial charge < -0.3 is 15.0 Å². The van der Waals surface area contributed by atoms with Gasteiger partial charge in [-0.15, -0.1) is 0 Å². The van der Waals surface area contributed by atoms with E-state index >= 15 is 0 Å². The number of sulfonamides is 1. The number of nitrogens with zero attached hydrogens (tertiary/aromatic N) is 2. The molecule has 218 valence electrons. The van der Waals surface area contributed by atoms with Gasteiger partial charge in [0, 0.05) is 22.1 Å². The lowest BCUT2D eigenvalue weighted by atomic mass is 10.1. The Morgan fingerprint density at radius 3 is 2.32 bits per heavy atom. The monoisotopic (exact) mass is 661 g/mol. The van der Waals surface area contributed by atoms with Crippen LogP contribution in [-0.2, 0) is 26.2 Å². The van der Waals surface area contributed by atoms with Crippen LogP contribution in [0.1, 0.15) is 38.2 Å². The minimum absolute atomic E-state index is 0.0161. The molecule has 3 aromatic carbocycles. The summed E-state index contributed by atoms with van der Waals surface area (Å²) < 4.78 is 34.9. The molecule has 0 heterocycles. The Bertz CT molecular complexity index is 1460. The zero-order chi connectivity index (χ0) is 29.6. The van der Waals surface area contributed by atoms with Gasteiger partial charge in [-0.1, -0.05) is 58.6 Å². The second-order valence-electron chi connectivity index (χ2n) is 9.98. The molecule has 4 rings (SSSR count). The van der Waals surface area contributed by atoms with Crippen molar-refractivity contribution in [1.82, 2.24) is 10.2 Å². The fraction of sp³-hybridized carbons (Fsp3) is 0.333. The highest BCUT2D eigenvalue weighted by molar-refractivity contribution is 9.10. The molecule has 0 bridgehead atoms. The highest BCUT2D eigenvalue weighted by Gasteiger charge is 2.33. The highest BCUT2D eigenvalue weighted by atomic mass is 79.9. The van der Waals surface area contributed by atoms with Crippen LogP contribution in [0.15, 0.2) is 82.2 Å². The molecule has 1 atom stereocenters. The smallest absolute Gasteiger partial charge is 0.264 e. The van der Waals surface area contributed by atoms with Crippen molar-refractivity contribution in [3.8, 4) is 5.75 Å². The molecule has 0 radical (unpaired) electrons. The minimum atomic E-state index is -4.20. The predicted octanol–water partition coefficient (Wildman–Crippen LogP) is 5.78. The summed E-state index contributed by atoms with van der Waals surface area (Å²) in [5, 5.41) is 3.39. The van der Waals surface area contributed by atoms with E-state index in [0.717, 1.165) is 40.0 Å². The zero-order valence-electron chi connectivity index (χ0n) is 22.9. The van der Waals surface area contributed by atoms with Crippen LogP contribution in [0.3, 0.4) is 0 Å². The summed E-state index contributed by atoms with van der Waals surface area (Å²) in [6.45, 7) is 1.26. The van der Waals surface area contributed by atoms with E-state index in [9.17, 15) is 18.0 Å². The number of carbonyl (C=O) groups excluding carboxylic acids is 2. The van der Waals surface area contributed by atoms with Gasteiger partial charge in [0.2, 0.25) is 11.8 Å². The molecule has 1 N–H and O–H groups in total. The molecule has 8 nitrogen and oxygen atoms in total. The number of benzene rings is 3. The number of hydrogen-bond acceptors (Lipinski definition) is 5. The summed E-state index contributed by atoms with van der Waals surface area (Å²) >= 11 is 9.65. The summed E-state index contributed by atoms with van der Waals surface area (Å²) in [6, 6.07) is 18.9. The second-order valence-corrected chi connectivity index (χ2v) is 13.2. The number of carbonyl (C=O) groups is 2. The van der Waals surface area contributed by atoms with Crippen molar-refractivity contribution in [3.63, 3.8) is 0 Å². The Labute approximate surface area is 254 Å². The minimum Gasteiger partial charge on any atom is -0.497 e. The maximum absolute atomic E-state index is 14.0. The molecule has 0 aliphatic heterocycles. The summed E-state index contributed by atoms with van der Waals surface area (Å²) in [5.74, 6) is -0.300. The van der Waals surface area contributed by atoms with Gasteiger partial charge in [-0.2, -0.15) is 0 Å². The molecular weight excluding hydrogens is 630 g/mol. The molecule has 1 fully saturated rings. The number of anilines is 1. The van der Waals surface area contributed by atoms with E-state index in [2.05, 4.69) is 21.2 Å². The molecule has 3 aromatic rings. The van der Waals surface area contributed by atoms with Crippen molar-refractivity contribution in [2.45, 2.75) is 56.1 Å². The van der Waals surface area contributed by atoms with E-state index in [-0.39, 0.29) is 29.1 Å².